The van der Waals surface area contributed by atoms with E-state index in [1.807, 2.05) is 18.2 Å². The number of carbonyl (C=O) groups is 1. The highest BCUT2D eigenvalue weighted by atomic mass is 127. The summed E-state index contributed by atoms with van der Waals surface area (Å²) in [6.45, 7) is 0. The third kappa shape index (κ3) is 4.96. The third-order valence-corrected chi connectivity index (χ3v) is 9.98. The van der Waals surface area contributed by atoms with E-state index >= 15 is 0 Å². The highest BCUT2D eigenvalue weighted by molar-refractivity contribution is 14.2. The van der Waals surface area contributed by atoms with E-state index in [9.17, 15) is 14.4 Å². The molecule has 0 spiro atoms. The Balaban J connectivity index is 1.36. The van der Waals surface area contributed by atoms with Gasteiger partial charge >= 0.3 is 0 Å². The predicted octanol–water partition coefficient (Wildman–Crippen LogP) is 7.21. The molecule has 4 aliphatic rings. The number of ketones is 1. The van der Waals surface area contributed by atoms with Crippen molar-refractivity contribution >= 4 is 36.4 Å². The van der Waals surface area contributed by atoms with Crippen molar-refractivity contribution in [1.29, 1.82) is 5.26 Å². The molecule has 2 saturated carbocycles. The smallest absolute Gasteiger partial charge is 0.171 e. The van der Waals surface area contributed by atoms with Crippen LogP contribution in [0.2, 0.25) is 0 Å². The van der Waals surface area contributed by atoms with E-state index in [0.717, 1.165) is 79.5 Å². The zero-order valence-corrected chi connectivity index (χ0v) is 23.3. The number of hydrogen-bond donors (Lipinski definition) is 1. The molecule has 1 N–H and O–H groups in total. The second kappa shape index (κ2) is 10.2. The fourth-order valence-electron chi connectivity index (χ4n) is 5.60. The SMILES string of the molecule is N#CC1=C(c2ccc(C(=O)C3(CC4=CCC=CC=C4)CC3)c(C3(CCc4cccc(F)c4)CC3)n2)C=IN1. The Morgan fingerprint density at radius 1 is 1.16 bits per heavy atom. The highest BCUT2D eigenvalue weighted by Gasteiger charge is 2.53. The van der Waals surface area contributed by atoms with Crippen molar-refractivity contribution < 1.29 is 9.18 Å². The number of halogens is 2. The Bertz CT molecular complexity index is 1500. The van der Waals surface area contributed by atoms with Crippen molar-refractivity contribution in [3.05, 3.63) is 106 Å². The van der Waals surface area contributed by atoms with Crippen molar-refractivity contribution in [2.24, 2.45) is 5.41 Å². The van der Waals surface area contributed by atoms with Gasteiger partial charge in [-0.2, -0.15) is 5.26 Å². The number of Topliss-reactive ketones (excluding diaryl/α,β-unsaturated/α-hetero) is 1. The average Bonchev–Trinajstić information content (AvgIpc) is 3.86. The summed E-state index contributed by atoms with van der Waals surface area (Å²) in [4.78, 5) is 19.4. The lowest BCUT2D eigenvalue weighted by Crippen LogP contribution is -2.23. The molecule has 1 aromatic heterocycles. The zero-order chi connectivity index (χ0) is 26.2. The number of nitrogens with one attached hydrogen (secondary N) is 1. The lowest BCUT2D eigenvalue weighted by molar-refractivity contribution is 0.0897. The molecule has 6 rings (SSSR count). The summed E-state index contributed by atoms with van der Waals surface area (Å²) >= 11 is -0.409. The largest absolute Gasteiger partial charge is 0.324 e. The van der Waals surface area contributed by atoms with Crippen molar-refractivity contribution in [1.82, 2.24) is 8.51 Å². The molecule has 0 radical (unpaired) electrons. The molecular formula is C32H29FIN3O. The number of rotatable bonds is 9. The molecule has 0 unspecified atom stereocenters. The molecule has 2 heterocycles. The lowest BCUT2D eigenvalue weighted by atomic mass is 9.82. The quantitative estimate of drug-likeness (QED) is 0.184. The van der Waals surface area contributed by atoms with Crippen LogP contribution in [0.3, 0.4) is 0 Å². The maximum absolute atomic E-state index is 14.2. The first-order chi connectivity index (χ1) is 18.5. The summed E-state index contributed by atoms with van der Waals surface area (Å²) in [6, 6.07) is 12.9. The van der Waals surface area contributed by atoms with Crippen LogP contribution in [0.4, 0.5) is 4.39 Å². The highest BCUT2D eigenvalue weighted by Crippen LogP contribution is 2.57. The van der Waals surface area contributed by atoms with Crippen LogP contribution in [0.25, 0.3) is 5.57 Å². The predicted molar refractivity (Wildman–Crippen MR) is 157 cm³/mol. The van der Waals surface area contributed by atoms with Crippen LogP contribution >= 0.6 is 21.0 Å². The third-order valence-electron chi connectivity index (χ3n) is 8.20. The van der Waals surface area contributed by atoms with Gasteiger partial charge in [-0.05, 0) is 106 Å². The Morgan fingerprint density at radius 3 is 2.79 bits per heavy atom. The van der Waals surface area contributed by atoms with Crippen LogP contribution in [0.1, 0.15) is 72.3 Å². The molecule has 4 nitrogen and oxygen atoms in total. The number of pyridine rings is 1. The van der Waals surface area contributed by atoms with Gasteiger partial charge < -0.3 is 3.53 Å². The van der Waals surface area contributed by atoms with Gasteiger partial charge in [0.05, 0.1) is 11.4 Å². The van der Waals surface area contributed by atoms with E-state index in [1.165, 1.54) is 11.6 Å². The minimum atomic E-state index is -0.409. The molecule has 1 aliphatic heterocycles. The van der Waals surface area contributed by atoms with E-state index in [1.54, 1.807) is 12.1 Å². The van der Waals surface area contributed by atoms with Gasteiger partial charge in [0.2, 0.25) is 0 Å². The van der Waals surface area contributed by atoms with Crippen LogP contribution in [-0.4, -0.2) is 14.8 Å². The molecule has 192 valence electrons. The Hall–Kier alpha value is -3.18. The van der Waals surface area contributed by atoms with E-state index in [-0.39, 0.29) is 22.4 Å². The molecule has 38 heavy (non-hydrogen) atoms. The van der Waals surface area contributed by atoms with Gasteiger partial charge in [-0.1, -0.05) is 48.1 Å². The maximum atomic E-state index is 14.2. The second-order valence-corrected chi connectivity index (χ2v) is 12.6. The second-order valence-electron chi connectivity index (χ2n) is 10.8. The average molecular weight is 618 g/mol. The van der Waals surface area contributed by atoms with Crippen molar-refractivity contribution in [3.63, 3.8) is 0 Å². The van der Waals surface area contributed by atoms with Gasteiger partial charge in [-0.25, -0.2) is 4.39 Å². The van der Waals surface area contributed by atoms with Crippen molar-refractivity contribution in [2.45, 2.75) is 56.8 Å². The van der Waals surface area contributed by atoms with E-state index in [0.29, 0.717) is 5.70 Å². The zero-order valence-electron chi connectivity index (χ0n) is 21.1. The summed E-state index contributed by atoms with van der Waals surface area (Å²) in [5, 5.41) is 9.60. The molecule has 2 fully saturated rings. The molecule has 0 bridgehead atoms. The Kier molecular flexibility index (Phi) is 6.73. The molecule has 0 saturated heterocycles. The molecule has 0 amide bonds. The van der Waals surface area contributed by atoms with Crippen molar-refractivity contribution in [3.8, 4) is 6.07 Å². The summed E-state index contributed by atoms with van der Waals surface area (Å²) in [6.07, 6.45) is 17.5. The van der Waals surface area contributed by atoms with Crippen LogP contribution in [0.5, 0.6) is 0 Å². The fraction of sp³-hybridized carbons (Fsp3) is 0.312. The normalized spacial score (nSPS) is 20.2. The van der Waals surface area contributed by atoms with Crippen LogP contribution in [-0.2, 0) is 11.8 Å². The topological polar surface area (TPSA) is 65.8 Å². The minimum absolute atomic E-state index is 0.191. The van der Waals surface area contributed by atoms with E-state index < -0.39 is 21.0 Å². The number of aromatic nitrogens is 1. The first-order valence-corrected chi connectivity index (χ1v) is 15.5. The molecule has 3 aliphatic carbocycles. The van der Waals surface area contributed by atoms with Gasteiger partial charge in [-0.3, -0.25) is 9.78 Å². The number of nitrogens with zero attached hydrogens (tertiary/aromatic N) is 2. The summed E-state index contributed by atoms with van der Waals surface area (Å²) in [5.74, 6) is -0.0230. The van der Waals surface area contributed by atoms with E-state index in [4.69, 9.17) is 4.98 Å². The van der Waals surface area contributed by atoms with E-state index in [2.05, 4.69) is 44.0 Å². The van der Waals surface area contributed by atoms with Crippen LogP contribution in [0, 0.1) is 22.6 Å². The summed E-state index contributed by atoms with van der Waals surface area (Å²) < 4.78 is 19.2. The maximum Gasteiger partial charge on any atom is 0.171 e. The van der Waals surface area contributed by atoms with Crippen LogP contribution < -0.4 is 3.53 Å². The first-order valence-electron chi connectivity index (χ1n) is 13.2. The van der Waals surface area contributed by atoms with Crippen LogP contribution in [0.15, 0.2) is 78.0 Å². The number of carbonyl (C=O) groups excluding carboxylic acids is 1. The lowest BCUT2D eigenvalue weighted by Gasteiger charge is -2.22. The number of allylic oxidation sites excluding steroid dienone is 8. The number of benzene rings is 1. The van der Waals surface area contributed by atoms with Crippen molar-refractivity contribution in [2.75, 3.05) is 0 Å². The number of nitriles is 1. The van der Waals surface area contributed by atoms with Gasteiger partial charge in [0.25, 0.3) is 0 Å². The number of aryl methyl sites for hydroxylation is 1. The minimum Gasteiger partial charge on any atom is -0.324 e. The summed E-state index contributed by atoms with van der Waals surface area (Å²) in [5.41, 5.74) is 5.43. The van der Waals surface area contributed by atoms with Gasteiger partial charge in [0.1, 0.15) is 17.6 Å². The van der Waals surface area contributed by atoms with Gasteiger partial charge in [0, 0.05) is 22.0 Å². The van der Waals surface area contributed by atoms with Gasteiger partial charge in [0.15, 0.2) is 5.78 Å². The Morgan fingerprint density at radius 2 is 2.03 bits per heavy atom. The fourth-order valence-corrected chi connectivity index (χ4v) is 7.42. The van der Waals surface area contributed by atoms with Gasteiger partial charge in [-0.15, -0.1) is 0 Å². The monoisotopic (exact) mass is 617 g/mol. The standard InChI is InChI=1S/C32H29FIN3O/c33-24-9-5-8-22(18-24)12-13-31(14-15-31)29-25(10-11-27(36-29)26-20-34-37-28(26)21-35)30(38)32(16-17-32)19-23-6-3-1-2-4-7-23/h1-3,5-11,18,20,37H,4,12-17,19H2. The molecule has 0 atom stereocenters. The Labute approximate surface area is 233 Å². The first kappa shape index (κ1) is 25.1. The molecule has 2 aromatic rings. The molecular weight excluding hydrogens is 588 g/mol. The molecule has 1 aromatic carbocycles. The summed E-state index contributed by atoms with van der Waals surface area (Å²) in [7, 11) is 0. The number of hydrogen-bond acceptors (Lipinski definition) is 4. The molecule has 6 heteroatoms.